The molecule has 0 N–H and O–H groups in total. The Morgan fingerprint density at radius 1 is 1.06 bits per heavy atom. The summed E-state index contributed by atoms with van der Waals surface area (Å²) in [6.07, 6.45) is 0.700. The van der Waals surface area contributed by atoms with Gasteiger partial charge in [0, 0.05) is 32.6 Å². The first-order valence-electron chi connectivity index (χ1n) is 11.1. The average Bonchev–Trinajstić information content (AvgIpc) is 3.25. The molecule has 0 aliphatic carbocycles. The van der Waals surface area contributed by atoms with E-state index in [4.69, 9.17) is 9.84 Å². The summed E-state index contributed by atoms with van der Waals surface area (Å²) in [5.74, 6) is 0.852. The fourth-order valence-electron chi connectivity index (χ4n) is 4.38. The number of nitrogens with zero attached hydrogens (tertiary/aromatic N) is 4. The molecular weight excluding hydrogens is 388 g/mol. The summed E-state index contributed by atoms with van der Waals surface area (Å²) in [5, 5.41) is 6.54. The van der Waals surface area contributed by atoms with Crippen LogP contribution in [0.5, 0.6) is 5.75 Å². The monoisotopic (exact) mass is 420 g/mol. The van der Waals surface area contributed by atoms with Crippen molar-refractivity contribution >= 4 is 11.6 Å². The minimum atomic E-state index is -0.116. The Kier molecular flexibility index (Phi) is 6.68. The van der Waals surface area contributed by atoms with Crippen molar-refractivity contribution in [3.8, 4) is 5.75 Å². The van der Waals surface area contributed by atoms with Crippen molar-refractivity contribution < 1.29 is 9.53 Å². The number of hydrazone groups is 1. The lowest BCUT2D eigenvalue weighted by Gasteiger charge is -2.34. The zero-order valence-corrected chi connectivity index (χ0v) is 18.8. The number of rotatable bonds is 6. The highest BCUT2D eigenvalue weighted by atomic mass is 16.5. The van der Waals surface area contributed by atoms with Gasteiger partial charge in [-0.05, 0) is 36.7 Å². The number of carbonyl (C=O) groups is 1. The lowest BCUT2D eigenvalue weighted by Crippen LogP contribution is -2.49. The highest BCUT2D eigenvalue weighted by Gasteiger charge is 2.34. The van der Waals surface area contributed by atoms with Crippen LogP contribution in [-0.2, 0) is 4.79 Å². The molecule has 31 heavy (non-hydrogen) atoms. The fraction of sp³-hybridized carbons (Fsp3) is 0.440. The second-order valence-corrected chi connectivity index (χ2v) is 8.36. The molecule has 0 spiro atoms. The summed E-state index contributed by atoms with van der Waals surface area (Å²) in [6, 6.07) is 16.2. The van der Waals surface area contributed by atoms with Gasteiger partial charge in [0.05, 0.1) is 25.4 Å². The number of piperazine rings is 1. The van der Waals surface area contributed by atoms with E-state index in [1.54, 1.807) is 12.1 Å². The molecule has 0 bridgehead atoms. The molecule has 0 saturated carbocycles. The molecule has 1 amide bonds. The van der Waals surface area contributed by atoms with Crippen LogP contribution in [0.1, 0.15) is 36.1 Å². The highest BCUT2D eigenvalue weighted by molar-refractivity contribution is 6.03. The van der Waals surface area contributed by atoms with E-state index >= 15 is 0 Å². The molecule has 2 aliphatic rings. The molecule has 1 atom stereocenters. The van der Waals surface area contributed by atoms with E-state index in [9.17, 15) is 4.79 Å². The van der Waals surface area contributed by atoms with Crippen LogP contribution in [0.2, 0.25) is 0 Å². The van der Waals surface area contributed by atoms with Crippen molar-refractivity contribution in [2.24, 2.45) is 5.10 Å². The third-order valence-electron chi connectivity index (χ3n) is 6.27. The molecule has 2 aromatic carbocycles. The van der Waals surface area contributed by atoms with Crippen molar-refractivity contribution in [1.82, 2.24) is 14.8 Å². The van der Waals surface area contributed by atoms with E-state index in [1.807, 2.05) is 24.3 Å². The zero-order valence-electron chi connectivity index (χ0n) is 18.8. The molecular formula is C25H32N4O2. The number of hydrogen-bond donors (Lipinski definition) is 0. The number of carbonyl (C=O) groups excluding carboxylic acids is 1. The van der Waals surface area contributed by atoms with Gasteiger partial charge in [0.2, 0.25) is 0 Å². The van der Waals surface area contributed by atoms with E-state index in [0.29, 0.717) is 13.0 Å². The second kappa shape index (κ2) is 9.62. The Hall–Kier alpha value is -2.70. The van der Waals surface area contributed by atoms with E-state index < -0.39 is 0 Å². The number of ether oxygens (including phenoxy) is 1. The van der Waals surface area contributed by atoms with Crippen molar-refractivity contribution in [3.05, 3.63) is 65.2 Å². The second-order valence-electron chi connectivity index (χ2n) is 8.36. The minimum Gasteiger partial charge on any atom is -0.497 e. The molecule has 6 heteroatoms. The quantitative estimate of drug-likeness (QED) is 0.719. The Morgan fingerprint density at radius 3 is 2.52 bits per heavy atom. The summed E-state index contributed by atoms with van der Waals surface area (Å²) >= 11 is 0. The third kappa shape index (κ3) is 4.97. The number of benzene rings is 2. The van der Waals surface area contributed by atoms with Crippen molar-refractivity contribution in [1.29, 1.82) is 0 Å². The number of amides is 1. The van der Waals surface area contributed by atoms with Gasteiger partial charge >= 0.3 is 0 Å². The SMILES string of the molecule is CCN1CCN(CC(=O)N2N=C(c3cccc(C)c3)C[C@H]2c2cccc(OC)c2)CC1. The zero-order chi connectivity index (χ0) is 21.8. The van der Waals surface area contributed by atoms with Crippen LogP contribution in [0.3, 0.4) is 0 Å². The van der Waals surface area contributed by atoms with Crippen LogP contribution in [0.4, 0.5) is 0 Å². The first-order chi connectivity index (χ1) is 15.1. The largest absolute Gasteiger partial charge is 0.497 e. The van der Waals surface area contributed by atoms with Gasteiger partial charge in [-0.25, -0.2) is 5.01 Å². The molecule has 0 radical (unpaired) electrons. The average molecular weight is 421 g/mol. The predicted octanol–water partition coefficient (Wildman–Crippen LogP) is 3.32. The standard InChI is InChI=1S/C25H32N4O2/c1-4-27-11-13-28(14-12-27)18-25(30)29-24(21-9-6-10-22(16-21)31-3)17-23(26-29)20-8-5-7-19(2)15-20/h5-10,15-16,24H,4,11-14,17-18H2,1-3H3/t24-/m0/s1. The first kappa shape index (κ1) is 21.5. The third-order valence-corrected chi connectivity index (χ3v) is 6.27. The molecule has 164 valence electrons. The summed E-state index contributed by atoms with van der Waals surface area (Å²) in [7, 11) is 1.67. The molecule has 0 unspecified atom stereocenters. The summed E-state index contributed by atoms with van der Waals surface area (Å²) < 4.78 is 5.43. The van der Waals surface area contributed by atoms with Gasteiger partial charge in [0.15, 0.2) is 0 Å². The Balaban J connectivity index is 1.57. The molecule has 2 heterocycles. The van der Waals surface area contributed by atoms with Gasteiger partial charge in [-0.3, -0.25) is 9.69 Å². The van der Waals surface area contributed by atoms with Crippen LogP contribution in [0.15, 0.2) is 53.6 Å². The molecule has 1 saturated heterocycles. The maximum Gasteiger partial charge on any atom is 0.257 e. The van der Waals surface area contributed by atoms with E-state index in [1.165, 1.54) is 5.56 Å². The van der Waals surface area contributed by atoms with Crippen LogP contribution in [0, 0.1) is 6.92 Å². The molecule has 2 aromatic rings. The fourth-order valence-corrected chi connectivity index (χ4v) is 4.38. The molecule has 0 aromatic heterocycles. The van der Waals surface area contributed by atoms with Gasteiger partial charge in [-0.2, -0.15) is 5.10 Å². The minimum absolute atomic E-state index is 0.0559. The van der Waals surface area contributed by atoms with Gasteiger partial charge in [0.1, 0.15) is 5.75 Å². The van der Waals surface area contributed by atoms with Crippen molar-refractivity contribution in [2.75, 3.05) is 46.4 Å². The summed E-state index contributed by atoms with van der Waals surface area (Å²) in [5.41, 5.74) is 4.28. The molecule has 4 rings (SSSR count). The first-order valence-corrected chi connectivity index (χ1v) is 11.1. The highest BCUT2D eigenvalue weighted by Crippen LogP contribution is 2.34. The van der Waals surface area contributed by atoms with Crippen molar-refractivity contribution in [3.63, 3.8) is 0 Å². The summed E-state index contributed by atoms with van der Waals surface area (Å²) in [6.45, 7) is 9.61. The van der Waals surface area contributed by atoms with E-state index in [2.05, 4.69) is 47.9 Å². The topological polar surface area (TPSA) is 48.4 Å². The maximum absolute atomic E-state index is 13.4. The number of aryl methyl sites for hydroxylation is 1. The van der Waals surface area contributed by atoms with Crippen LogP contribution >= 0.6 is 0 Å². The number of hydrogen-bond acceptors (Lipinski definition) is 5. The Bertz CT molecular complexity index is 950. The van der Waals surface area contributed by atoms with Gasteiger partial charge in [-0.1, -0.05) is 48.9 Å². The van der Waals surface area contributed by atoms with Gasteiger partial charge in [-0.15, -0.1) is 0 Å². The van der Waals surface area contributed by atoms with Gasteiger partial charge < -0.3 is 9.64 Å². The van der Waals surface area contributed by atoms with E-state index in [0.717, 1.165) is 55.3 Å². The molecule has 6 nitrogen and oxygen atoms in total. The van der Waals surface area contributed by atoms with Crippen molar-refractivity contribution in [2.45, 2.75) is 26.3 Å². The number of likely N-dealkylation sites (N-methyl/N-ethyl adjacent to an activating group) is 1. The van der Waals surface area contributed by atoms with Crippen LogP contribution in [-0.4, -0.2) is 72.8 Å². The molecule has 1 fully saturated rings. The summed E-state index contributed by atoms with van der Waals surface area (Å²) in [4.78, 5) is 18.0. The van der Waals surface area contributed by atoms with Crippen LogP contribution in [0.25, 0.3) is 0 Å². The maximum atomic E-state index is 13.4. The Labute approximate surface area is 185 Å². The smallest absolute Gasteiger partial charge is 0.257 e. The lowest BCUT2D eigenvalue weighted by molar-refractivity contribution is -0.134. The van der Waals surface area contributed by atoms with E-state index in [-0.39, 0.29) is 11.9 Å². The molecule has 2 aliphatic heterocycles. The van der Waals surface area contributed by atoms with Crippen LogP contribution < -0.4 is 4.74 Å². The normalized spacial score (nSPS) is 20.0. The lowest BCUT2D eigenvalue weighted by atomic mass is 9.97. The number of methoxy groups -OCH3 is 1. The predicted molar refractivity (Wildman–Crippen MR) is 123 cm³/mol. The Morgan fingerprint density at radius 2 is 1.81 bits per heavy atom. The van der Waals surface area contributed by atoms with Gasteiger partial charge in [0.25, 0.3) is 5.91 Å².